The molecule has 1 aromatic carbocycles. The number of rotatable bonds is 6. The standard InChI is InChI=1S/C17H26O2S/c1-2-18-15-8-7-9-16(12-15)19-13-17(14-20)10-5-3-4-6-11-17/h7-9,12,20H,2-6,10-11,13-14H2,1H3. The summed E-state index contributed by atoms with van der Waals surface area (Å²) in [5.41, 5.74) is 0.251. The van der Waals surface area contributed by atoms with Gasteiger partial charge in [-0.1, -0.05) is 31.7 Å². The molecule has 3 heteroatoms. The number of ether oxygens (including phenoxy) is 2. The molecule has 20 heavy (non-hydrogen) atoms. The zero-order valence-electron chi connectivity index (χ0n) is 12.4. The Kier molecular flexibility index (Phi) is 6.08. The Hall–Kier alpha value is -0.830. The summed E-state index contributed by atoms with van der Waals surface area (Å²) in [4.78, 5) is 0. The van der Waals surface area contributed by atoms with E-state index in [1.54, 1.807) is 0 Å². The minimum atomic E-state index is 0.251. The van der Waals surface area contributed by atoms with Gasteiger partial charge in [-0.3, -0.25) is 0 Å². The lowest BCUT2D eigenvalue weighted by molar-refractivity contribution is 0.148. The van der Waals surface area contributed by atoms with E-state index < -0.39 is 0 Å². The van der Waals surface area contributed by atoms with Gasteiger partial charge >= 0.3 is 0 Å². The summed E-state index contributed by atoms with van der Waals surface area (Å²) in [6, 6.07) is 7.94. The molecule has 0 bridgehead atoms. The third kappa shape index (κ3) is 4.34. The Labute approximate surface area is 128 Å². The fraction of sp³-hybridized carbons (Fsp3) is 0.647. The second kappa shape index (κ2) is 7.82. The molecule has 1 fully saturated rings. The van der Waals surface area contributed by atoms with Crippen molar-refractivity contribution in [1.29, 1.82) is 0 Å². The number of thiol groups is 1. The molecular formula is C17H26O2S. The van der Waals surface area contributed by atoms with Gasteiger partial charge in [-0.15, -0.1) is 0 Å². The molecule has 112 valence electrons. The topological polar surface area (TPSA) is 18.5 Å². The van der Waals surface area contributed by atoms with Crippen molar-refractivity contribution in [3.63, 3.8) is 0 Å². The van der Waals surface area contributed by atoms with Crippen molar-refractivity contribution in [3.05, 3.63) is 24.3 Å². The molecule has 0 radical (unpaired) electrons. The van der Waals surface area contributed by atoms with E-state index in [1.165, 1.54) is 38.5 Å². The maximum absolute atomic E-state index is 6.05. The van der Waals surface area contributed by atoms with Gasteiger partial charge in [0.05, 0.1) is 13.2 Å². The van der Waals surface area contributed by atoms with Crippen molar-refractivity contribution in [2.45, 2.75) is 45.4 Å². The summed E-state index contributed by atoms with van der Waals surface area (Å²) >= 11 is 4.59. The monoisotopic (exact) mass is 294 g/mol. The van der Waals surface area contributed by atoms with Crippen molar-refractivity contribution < 1.29 is 9.47 Å². The SMILES string of the molecule is CCOc1cccc(OCC2(CS)CCCCCC2)c1. The van der Waals surface area contributed by atoms with E-state index in [4.69, 9.17) is 9.47 Å². The molecule has 0 unspecified atom stereocenters. The highest BCUT2D eigenvalue weighted by Crippen LogP contribution is 2.36. The fourth-order valence-electron chi connectivity index (χ4n) is 2.88. The molecule has 2 nitrogen and oxygen atoms in total. The molecule has 0 aromatic heterocycles. The van der Waals surface area contributed by atoms with Crippen LogP contribution in [0.15, 0.2) is 24.3 Å². The molecule has 0 saturated heterocycles. The Morgan fingerprint density at radius 2 is 1.70 bits per heavy atom. The van der Waals surface area contributed by atoms with Crippen molar-refractivity contribution in [2.75, 3.05) is 19.0 Å². The van der Waals surface area contributed by atoms with Crippen molar-refractivity contribution in [2.24, 2.45) is 5.41 Å². The van der Waals surface area contributed by atoms with Crippen LogP contribution in [-0.2, 0) is 0 Å². The predicted octanol–water partition coefficient (Wildman–Crippen LogP) is 4.73. The van der Waals surface area contributed by atoms with Crippen LogP contribution in [0.5, 0.6) is 11.5 Å². The first-order chi connectivity index (χ1) is 9.78. The maximum Gasteiger partial charge on any atom is 0.123 e. The largest absolute Gasteiger partial charge is 0.494 e. The molecule has 0 atom stereocenters. The van der Waals surface area contributed by atoms with Crippen LogP contribution in [0.3, 0.4) is 0 Å². The Bertz CT molecular complexity index is 398. The van der Waals surface area contributed by atoms with Crippen LogP contribution in [0.25, 0.3) is 0 Å². The lowest BCUT2D eigenvalue weighted by atomic mass is 9.83. The maximum atomic E-state index is 6.05. The van der Waals surface area contributed by atoms with Gasteiger partial charge in [-0.05, 0) is 37.7 Å². The van der Waals surface area contributed by atoms with Crippen LogP contribution in [0.4, 0.5) is 0 Å². The third-order valence-corrected chi connectivity index (χ3v) is 4.83. The van der Waals surface area contributed by atoms with Crippen LogP contribution < -0.4 is 9.47 Å². The second-order valence-corrected chi connectivity index (χ2v) is 6.09. The van der Waals surface area contributed by atoms with Crippen LogP contribution >= 0.6 is 12.6 Å². The first-order valence-corrected chi connectivity index (χ1v) is 8.38. The summed E-state index contributed by atoms with van der Waals surface area (Å²) < 4.78 is 11.6. The van der Waals surface area contributed by atoms with Crippen LogP contribution in [0.2, 0.25) is 0 Å². The zero-order valence-corrected chi connectivity index (χ0v) is 13.3. The molecule has 1 aromatic rings. The molecule has 0 heterocycles. The summed E-state index contributed by atoms with van der Waals surface area (Å²) in [7, 11) is 0. The van der Waals surface area contributed by atoms with Gasteiger partial charge in [-0.2, -0.15) is 12.6 Å². The molecule has 1 aliphatic rings. The predicted molar refractivity (Wildman–Crippen MR) is 87.1 cm³/mol. The van der Waals surface area contributed by atoms with Crippen LogP contribution in [-0.4, -0.2) is 19.0 Å². The van der Waals surface area contributed by atoms with Gasteiger partial charge in [0.2, 0.25) is 0 Å². The summed E-state index contributed by atoms with van der Waals surface area (Å²) in [6.45, 7) is 3.45. The lowest BCUT2D eigenvalue weighted by Gasteiger charge is -2.31. The van der Waals surface area contributed by atoms with Crippen LogP contribution in [0, 0.1) is 5.41 Å². The quantitative estimate of drug-likeness (QED) is 0.604. The highest BCUT2D eigenvalue weighted by atomic mass is 32.1. The first-order valence-electron chi connectivity index (χ1n) is 7.74. The first kappa shape index (κ1) is 15.6. The second-order valence-electron chi connectivity index (χ2n) is 5.77. The van der Waals surface area contributed by atoms with E-state index in [0.717, 1.165) is 23.9 Å². The van der Waals surface area contributed by atoms with E-state index in [9.17, 15) is 0 Å². The van der Waals surface area contributed by atoms with E-state index in [0.29, 0.717) is 6.61 Å². The minimum Gasteiger partial charge on any atom is -0.494 e. The van der Waals surface area contributed by atoms with Gasteiger partial charge in [0.1, 0.15) is 11.5 Å². The molecule has 1 saturated carbocycles. The fourth-order valence-corrected chi connectivity index (χ4v) is 3.29. The Morgan fingerprint density at radius 1 is 1.05 bits per heavy atom. The molecule has 2 rings (SSSR count). The van der Waals surface area contributed by atoms with Crippen LogP contribution in [0.1, 0.15) is 45.4 Å². The van der Waals surface area contributed by atoms with Crippen molar-refractivity contribution >= 4 is 12.6 Å². The molecular weight excluding hydrogens is 268 g/mol. The van der Waals surface area contributed by atoms with E-state index in [2.05, 4.69) is 12.6 Å². The lowest BCUT2D eigenvalue weighted by Crippen LogP contribution is -2.30. The van der Waals surface area contributed by atoms with E-state index in [1.807, 2.05) is 31.2 Å². The molecule has 0 aliphatic heterocycles. The average molecular weight is 294 g/mol. The molecule has 1 aliphatic carbocycles. The average Bonchev–Trinajstić information content (AvgIpc) is 2.72. The minimum absolute atomic E-state index is 0.251. The highest BCUT2D eigenvalue weighted by Gasteiger charge is 2.30. The highest BCUT2D eigenvalue weighted by molar-refractivity contribution is 7.80. The van der Waals surface area contributed by atoms with Crippen molar-refractivity contribution in [1.82, 2.24) is 0 Å². The summed E-state index contributed by atoms with van der Waals surface area (Å²) in [5.74, 6) is 2.70. The van der Waals surface area contributed by atoms with Gasteiger partial charge in [0, 0.05) is 11.5 Å². The Balaban J connectivity index is 1.96. The van der Waals surface area contributed by atoms with E-state index >= 15 is 0 Å². The Morgan fingerprint density at radius 3 is 2.30 bits per heavy atom. The number of hydrogen-bond donors (Lipinski definition) is 1. The molecule has 0 spiro atoms. The molecule has 0 amide bonds. The summed E-state index contributed by atoms with van der Waals surface area (Å²) in [6.07, 6.45) is 7.81. The normalized spacial score (nSPS) is 18.3. The molecule has 0 N–H and O–H groups in total. The van der Waals surface area contributed by atoms with E-state index in [-0.39, 0.29) is 5.41 Å². The van der Waals surface area contributed by atoms with Crippen molar-refractivity contribution in [3.8, 4) is 11.5 Å². The number of benzene rings is 1. The smallest absolute Gasteiger partial charge is 0.123 e. The summed E-state index contributed by atoms with van der Waals surface area (Å²) in [5, 5.41) is 0. The number of hydrogen-bond acceptors (Lipinski definition) is 3. The zero-order chi connectivity index (χ0) is 14.3. The van der Waals surface area contributed by atoms with Gasteiger partial charge < -0.3 is 9.47 Å². The van der Waals surface area contributed by atoms with Gasteiger partial charge in [0.15, 0.2) is 0 Å². The third-order valence-electron chi connectivity index (χ3n) is 4.16. The van der Waals surface area contributed by atoms with Gasteiger partial charge in [-0.25, -0.2) is 0 Å². The van der Waals surface area contributed by atoms with Gasteiger partial charge in [0.25, 0.3) is 0 Å².